The Labute approximate surface area is 133 Å². The highest BCUT2D eigenvalue weighted by Crippen LogP contribution is 2.24. The van der Waals surface area contributed by atoms with Crippen molar-refractivity contribution in [3.63, 3.8) is 0 Å². The van der Waals surface area contributed by atoms with Crippen LogP contribution in [0.3, 0.4) is 0 Å². The quantitative estimate of drug-likeness (QED) is 0.576. The third-order valence-electron chi connectivity index (χ3n) is 3.23. The van der Waals surface area contributed by atoms with Crippen molar-refractivity contribution in [1.82, 2.24) is 4.98 Å². The zero-order valence-corrected chi connectivity index (χ0v) is 12.7. The number of benzene rings is 2. The van der Waals surface area contributed by atoms with E-state index in [9.17, 15) is 0 Å². The average Bonchev–Trinajstić information content (AvgIpc) is 2.55. The molecule has 1 heterocycles. The summed E-state index contributed by atoms with van der Waals surface area (Å²) in [5.74, 6) is 0.777. The highest BCUT2D eigenvalue weighted by atomic mass is 35.5. The molecule has 22 heavy (non-hydrogen) atoms. The van der Waals surface area contributed by atoms with Gasteiger partial charge in [0.25, 0.3) is 0 Å². The van der Waals surface area contributed by atoms with Crippen LogP contribution in [0.2, 0.25) is 5.02 Å². The van der Waals surface area contributed by atoms with Crippen molar-refractivity contribution in [2.45, 2.75) is 0 Å². The maximum absolute atomic E-state index is 5.98. The van der Waals surface area contributed by atoms with Crippen LogP contribution in [-0.4, -0.2) is 18.3 Å². The number of ether oxygens (including phenoxy) is 1. The number of hydrogen-bond acceptors (Lipinski definition) is 4. The maximum atomic E-state index is 5.98. The summed E-state index contributed by atoms with van der Waals surface area (Å²) < 4.78 is 5.29. The molecule has 0 unspecified atom stereocenters. The molecule has 0 aliphatic rings. The van der Waals surface area contributed by atoms with Gasteiger partial charge in [0.15, 0.2) is 0 Å². The van der Waals surface area contributed by atoms with Crippen LogP contribution in [0.1, 0.15) is 5.56 Å². The number of nitrogens with one attached hydrogen (secondary N) is 1. The first-order valence-electron chi connectivity index (χ1n) is 6.74. The Morgan fingerprint density at radius 2 is 2.05 bits per heavy atom. The van der Waals surface area contributed by atoms with E-state index in [2.05, 4.69) is 15.5 Å². The van der Waals surface area contributed by atoms with E-state index >= 15 is 0 Å². The van der Waals surface area contributed by atoms with E-state index in [1.54, 1.807) is 19.5 Å². The summed E-state index contributed by atoms with van der Waals surface area (Å²) in [6.45, 7) is 0. The Bertz CT molecular complexity index is 833. The first kappa shape index (κ1) is 14.4. The molecule has 3 rings (SSSR count). The van der Waals surface area contributed by atoms with Gasteiger partial charge in [0, 0.05) is 22.2 Å². The third-order valence-corrected chi connectivity index (χ3v) is 3.47. The molecule has 5 heteroatoms. The second-order valence-electron chi connectivity index (χ2n) is 4.63. The van der Waals surface area contributed by atoms with E-state index < -0.39 is 0 Å². The van der Waals surface area contributed by atoms with Crippen molar-refractivity contribution < 1.29 is 4.74 Å². The summed E-state index contributed by atoms with van der Waals surface area (Å²) >= 11 is 5.98. The summed E-state index contributed by atoms with van der Waals surface area (Å²) in [7, 11) is 1.64. The number of pyridine rings is 1. The van der Waals surface area contributed by atoms with Crippen LogP contribution in [0, 0.1) is 0 Å². The SMILES string of the molecule is COc1ccccc1/C=N/Nc1ccnc2cc(Cl)ccc12. The van der Waals surface area contributed by atoms with Crippen LogP contribution >= 0.6 is 11.6 Å². The van der Waals surface area contributed by atoms with Crippen molar-refractivity contribution in [2.24, 2.45) is 5.10 Å². The lowest BCUT2D eigenvalue weighted by molar-refractivity contribution is 0.414. The third kappa shape index (κ3) is 3.02. The highest BCUT2D eigenvalue weighted by Gasteiger charge is 2.02. The molecule has 0 atom stereocenters. The summed E-state index contributed by atoms with van der Waals surface area (Å²) in [6, 6.07) is 15.1. The first-order chi connectivity index (χ1) is 10.8. The number of methoxy groups -OCH3 is 1. The molecule has 1 aromatic heterocycles. The van der Waals surface area contributed by atoms with Gasteiger partial charge in [-0.1, -0.05) is 23.7 Å². The van der Waals surface area contributed by atoms with Gasteiger partial charge in [0.2, 0.25) is 0 Å². The molecule has 0 saturated heterocycles. The molecule has 110 valence electrons. The smallest absolute Gasteiger partial charge is 0.127 e. The summed E-state index contributed by atoms with van der Waals surface area (Å²) in [5.41, 5.74) is 5.63. The Hall–Kier alpha value is -2.59. The van der Waals surface area contributed by atoms with Crippen LogP contribution in [0.5, 0.6) is 5.75 Å². The van der Waals surface area contributed by atoms with Gasteiger partial charge >= 0.3 is 0 Å². The average molecular weight is 312 g/mol. The fourth-order valence-electron chi connectivity index (χ4n) is 2.16. The van der Waals surface area contributed by atoms with E-state index in [4.69, 9.17) is 16.3 Å². The number of fused-ring (bicyclic) bond motifs is 1. The zero-order chi connectivity index (χ0) is 15.4. The minimum atomic E-state index is 0.662. The minimum Gasteiger partial charge on any atom is -0.496 e. The van der Waals surface area contributed by atoms with Gasteiger partial charge in [-0.2, -0.15) is 5.10 Å². The van der Waals surface area contributed by atoms with E-state index in [0.717, 1.165) is 27.9 Å². The standard InChI is InChI=1S/C17H14ClN3O/c1-22-17-5-3-2-4-12(17)11-20-21-15-8-9-19-16-10-13(18)6-7-14(15)16/h2-11H,1H3,(H,19,21)/b20-11+. The van der Waals surface area contributed by atoms with Crippen LogP contribution in [0.25, 0.3) is 10.9 Å². The first-order valence-corrected chi connectivity index (χ1v) is 7.12. The molecular formula is C17H14ClN3O. The van der Waals surface area contributed by atoms with Gasteiger partial charge in [-0.3, -0.25) is 10.4 Å². The molecule has 0 bridgehead atoms. The van der Waals surface area contributed by atoms with E-state index in [-0.39, 0.29) is 0 Å². The Kier molecular flexibility index (Phi) is 4.21. The second-order valence-corrected chi connectivity index (χ2v) is 5.07. The number of nitrogens with zero attached hydrogens (tertiary/aromatic N) is 2. The number of anilines is 1. The normalized spacial score (nSPS) is 11.0. The molecule has 2 aromatic carbocycles. The van der Waals surface area contributed by atoms with Crippen molar-refractivity contribution in [3.05, 3.63) is 65.3 Å². The Morgan fingerprint density at radius 1 is 1.18 bits per heavy atom. The van der Waals surface area contributed by atoms with Crippen molar-refractivity contribution >= 4 is 34.4 Å². The second kappa shape index (κ2) is 6.45. The lowest BCUT2D eigenvalue weighted by Crippen LogP contribution is -1.94. The maximum Gasteiger partial charge on any atom is 0.127 e. The molecule has 0 spiro atoms. The predicted octanol–water partition coefficient (Wildman–Crippen LogP) is 4.34. The summed E-state index contributed by atoms with van der Waals surface area (Å²) in [4.78, 5) is 4.30. The van der Waals surface area contributed by atoms with Gasteiger partial charge in [-0.25, -0.2) is 0 Å². The zero-order valence-electron chi connectivity index (χ0n) is 12.0. The van der Waals surface area contributed by atoms with Crippen LogP contribution in [0.4, 0.5) is 5.69 Å². The molecule has 0 aliphatic carbocycles. The number of rotatable bonds is 4. The van der Waals surface area contributed by atoms with Crippen molar-refractivity contribution in [2.75, 3.05) is 12.5 Å². The molecule has 0 saturated carbocycles. The molecule has 4 nitrogen and oxygen atoms in total. The summed E-state index contributed by atoms with van der Waals surface area (Å²) in [5, 5.41) is 5.90. The molecule has 0 fully saturated rings. The van der Waals surface area contributed by atoms with Crippen LogP contribution < -0.4 is 10.2 Å². The molecule has 0 radical (unpaired) electrons. The van der Waals surface area contributed by atoms with Gasteiger partial charge in [-0.15, -0.1) is 0 Å². The molecule has 1 N–H and O–H groups in total. The number of hydrogen-bond donors (Lipinski definition) is 1. The highest BCUT2D eigenvalue weighted by molar-refractivity contribution is 6.31. The van der Waals surface area contributed by atoms with Crippen LogP contribution in [-0.2, 0) is 0 Å². The van der Waals surface area contributed by atoms with Crippen LogP contribution in [0.15, 0.2) is 59.8 Å². The monoisotopic (exact) mass is 311 g/mol. The molecular weight excluding hydrogens is 298 g/mol. The molecule has 0 aliphatic heterocycles. The number of hydrazone groups is 1. The Morgan fingerprint density at radius 3 is 2.91 bits per heavy atom. The van der Waals surface area contributed by atoms with Gasteiger partial charge in [-0.05, 0) is 36.4 Å². The fraction of sp³-hybridized carbons (Fsp3) is 0.0588. The topological polar surface area (TPSA) is 46.5 Å². The predicted molar refractivity (Wildman–Crippen MR) is 91.0 cm³/mol. The van der Waals surface area contributed by atoms with E-state index in [1.807, 2.05) is 48.5 Å². The Balaban J connectivity index is 1.86. The number of para-hydroxylation sites is 1. The largest absolute Gasteiger partial charge is 0.496 e. The van der Waals surface area contributed by atoms with E-state index in [0.29, 0.717) is 5.02 Å². The minimum absolute atomic E-state index is 0.662. The molecule has 0 amide bonds. The molecule has 3 aromatic rings. The summed E-state index contributed by atoms with van der Waals surface area (Å²) in [6.07, 6.45) is 3.45. The lowest BCUT2D eigenvalue weighted by Gasteiger charge is -2.06. The van der Waals surface area contributed by atoms with E-state index in [1.165, 1.54) is 0 Å². The van der Waals surface area contributed by atoms with Gasteiger partial charge in [0.05, 0.1) is 24.5 Å². The van der Waals surface area contributed by atoms with Crippen molar-refractivity contribution in [1.29, 1.82) is 0 Å². The number of halogens is 1. The lowest BCUT2D eigenvalue weighted by atomic mass is 10.2. The number of aromatic nitrogens is 1. The van der Waals surface area contributed by atoms with Gasteiger partial charge in [0.1, 0.15) is 5.75 Å². The van der Waals surface area contributed by atoms with Gasteiger partial charge < -0.3 is 4.74 Å². The van der Waals surface area contributed by atoms with Crippen molar-refractivity contribution in [3.8, 4) is 5.75 Å². The fourth-order valence-corrected chi connectivity index (χ4v) is 2.33.